The average Bonchev–Trinajstić information content (AvgIpc) is 2.83. The van der Waals surface area contributed by atoms with Gasteiger partial charge in [-0.15, -0.1) is 0 Å². The fraction of sp³-hybridized carbons (Fsp3) is 0.375. The predicted molar refractivity (Wildman–Crippen MR) is 128 cm³/mol. The Labute approximate surface area is 192 Å². The zero-order valence-corrected chi connectivity index (χ0v) is 19.1. The number of nitrogens with one attached hydrogen (secondary N) is 1. The fourth-order valence-corrected chi connectivity index (χ4v) is 4.70. The van der Waals surface area contributed by atoms with Crippen molar-refractivity contribution >= 4 is 35.5 Å². The Bertz CT molecular complexity index is 987. The summed E-state index contributed by atoms with van der Waals surface area (Å²) in [7, 11) is 1.40. The standard InChI is InChI=1S/C24H28N4O3S/c1-31-23(29)17-27-9-8-19-6-7-22(14-21(19)16-27)26-24(30)20-4-2-18(3-5-20)15-25-28-10-12-32-13-11-28/h2-7,14-15H,8-13,16-17H2,1H3,(H,26,30). The second-order valence-electron chi connectivity index (χ2n) is 7.91. The first kappa shape index (κ1) is 22.4. The van der Waals surface area contributed by atoms with Gasteiger partial charge < -0.3 is 10.1 Å². The van der Waals surface area contributed by atoms with E-state index in [9.17, 15) is 9.59 Å². The molecule has 0 unspecified atom stereocenters. The number of rotatable bonds is 6. The number of fused-ring (bicyclic) bond motifs is 1. The number of methoxy groups -OCH3 is 1. The fourth-order valence-electron chi connectivity index (χ4n) is 3.82. The molecular formula is C24H28N4O3S. The van der Waals surface area contributed by atoms with Crippen LogP contribution in [0.2, 0.25) is 0 Å². The van der Waals surface area contributed by atoms with Crippen LogP contribution in [0.25, 0.3) is 0 Å². The highest BCUT2D eigenvalue weighted by Crippen LogP contribution is 2.23. The summed E-state index contributed by atoms with van der Waals surface area (Å²) in [5.74, 6) is 1.84. The average molecular weight is 453 g/mol. The minimum Gasteiger partial charge on any atom is -0.468 e. The van der Waals surface area contributed by atoms with Crippen LogP contribution < -0.4 is 5.32 Å². The molecule has 0 saturated carbocycles. The number of nitrogens with zero attached hydrogens (tertiary/aromatic N) is 3. The topological polar surface area (TPSA) is 74.2 Å². The van der Waals surface area contributed by atoms with Crippen molar-refractivity contribution in [1.82, 2.24) is 9.91 Å². The minimum atomic E-state index is -0.235. The summed E-state index contributed by atoms with van der Waals surface area (Å²) in [5, 5.41) is 9.60. The lowest BCUT2D eigenvalue weighted by Gasteiger charge is -2.28. The molecular weight excluding hydrogens is 424 g/mol. The van der Waals surface area contributed by atoms with Crippen LogP contribution in [0.4, 0.5) is 5.69 Å². The number of thioether (sulfide) groups is 1. The van der Waals surface area contributed by atoms with Crippen LogP contribution in [0.15, 0.2) is 47.6 Å². The van der Waals surface area contributed by atoms with E-state index in [2.05, 4.69) is 26.4 Å². The molecule has 4 rings (SSSR count). The van der Waals surface area contributed by atoms with Crippen molar-refractivity contribution in [3.05, 3.63) is 64.7 Å². The van der Waals surface area contributed by atoms with E-state index in [0.29, 0.717) is 12.1 Å². The number of hydrogen-bond donors (Lipinski definition) is 1. The highest BCUT2D eigenvalue weighted by atomic mass is 32.2. The zero-order valence-electron chi connectivity index (χ0n) is 18.3. The molecule has 2 aliphatic rings. The first-order chi connectivity index (χ1) is 15.6. The Morgan fingerprint density at radius 3 is 2.62 bits per heavy atom. The summed E-state index contributed by atoms with van der Waals surface area (Å²) < 4.78 is 4.77. The van der Waals surface area contributed by atoms with Gasteiger partial charge in [-0.25, -0.2) is 0 Å². The maximum Gasteiger partial charge on any atom is 0.319 e. The highest BCUT2D eigenvalue weighted by Gasteiger charge is 2.19. The molecule has 0 aromatic heterocycles. The minimum absolute atomic E-state index is 0.149. The Hall–Kier alpha value is -2.84. The molecule has 0 radical (unpaired) electrons. The van der Waals surface area contributed by atoms with Crippen molar-refractivity contribution in [3.63, 3.8) is 0 Å². The maximum atomic E-state index is 12.7. The van der Waals surface area contributed by atoms with Gasteiger partial charge in [-0.1, -0.05) is 18.2 Å². The lowest BCUT2D eigenvalue weighted by molar-refractivity contribution is -0.142. The van der Waals surface area contributed by atoms with Crippen molar-refractivity contribution in [1.29, 1.82) is 0 Å². The van der Waals surface area contributed by atoms with Crippen LogP contribution in [0.1, 0.15) is 27.0 Å². The molecule has 2 aromatic rings. The van der Waals surface area contributed by atoms with Crippen molar-refractivity contribution in [3.8, 4) is 0 Å². The van der Waals surface area contributed by atoms with E-state index in [1.807, 2.05) is 54.4 Å². The normalized spacial score (nSPS) is 16.6. The zero-order chi connectivity index (χ0) is 22.3. The third-order valence-electron chi connectivity index (χ3n) is 5.67. The van der Waals surface area contributed by atoms with Crippen molar-refractivity contribution in [2.75, 3.05) is 50.1 Å². The molecule has 2 aliphatic heterocycles. The molecule has 8 heteroatoms. The van der Waals surface area contributed by atoms with E-state index in [-0.39, 0.29) is 18.4 Å². The molecule has 32 heavy (non-hydrogen) atoms. The van der Waals surface area contributed by atoms with E-state index in [1.54, 1.807) is 0 Å². The van der Waals surface area contributed by atoms with Gasteiger partial charge in [0.1, 0.15) is 0 Å². The Kier molecular flexibility index (Phi) is 7.44. The molecule has 2 aromatic carbocycles. The number of ether oxygens (including phenoxy) is 1. The van der Waals surface area contributed by atoms with Gasteiger partial charge in [-0.2, -0.15) is 16.9 Å². The van der Waals surface area contributed by atoms with Crippen LogP contribution in [-0.2, 0) is 22.5 Å². The molecule has 1 amide bonds. The molecule has 1 N–H and O–H groups in total. The van der Waals surface area contributed by atoms with Crippen molar-refractivity contribution in [2.24, 2.45) is 5.10 Å². The molecule has 0 atom stereocenters. The highest BCUT2D eigenvalue weighted by molar-refractivity contribution is 7.99. The lowest BCUT2D eigenvalue weighted by atomic mass is 9.99. The molecule has 2 heterocycles. The number of hydrogen-bond acceptors (Lipinski definition) is 7. The van der Waals surface area contributed by atoms with Gasteiger partial charge in [0.25, 0.3) is 5.91 Å². The molecule has 168 valence electrons. The quantitative estimate of drug-likeness (QED) is 0.537. The number of anilines is 1. The second kappa shape index (κ2) is 10.7. The first-order valence-electron chi connectivity index (χ1n) is 10.8. The summed E-state index contributed by atoms with van der Waals surface area (Å²) >= 11 is 1.96. The number of carbonyl (C=O) groups is 2. The third kappa shape index (κ3) is 5.89. The largest absolute Gasteiger partial charge is 0.468 e. The van der Waals surface area contributed by atoms with Crippen molar-refractivity contribution in [2.45, 2.75) is 13.0 Å². The van der Waals surface area contributed by atoms with Gasteiger partial charge in [0.2, 0.25) is 0 Å². The van der Waals surface area contributed by atoms with Crippen LogP contribution in [0.3, 0.4) is 0 Å². The third-order valence-corrected chi connectivity index (χ3v) is 6.61. The van der Waals surface area contributed by atoms with E-state index in [4.69, 9.17) is 4.74 Å². The van der Waals surface area contributed by atoms with E-state index >= 15 is 0 Å². The Morgan fingerprint density at radius 2 is 1.88 bits per heavy atom. The van der Waals surface area contributed by atoms with Crippen LogP contribution in [0.5, 0.6) is 0 Å². The smallest absolute Gasteiger partial charge is 0.319 e. The maximum absolute atomic E-state index is 12.7. The number of esters is 1. The van der Waals surface area contributed by atoms with Gasteiger partial charge in [0.15, 0.2) is 0 Å². The number of hydrazone groups is 1. The van der Waals surface area contributed by atoms with Crippen molar-refractivity contribution < 1.29 is 14.3 Å². The summed E-state index contributed by atoms with van der Waals surface area (Å²) in [5.41, 5.74) is 4.70. The number of benzene rings is 2. The Morgan fingerprint density at radius 1 is 1.09 bits per heavy atom. The monoisotopic (exact) mass is 452 g/mol. The summed E-state index contributed by atoms with van der Waals surface area (Å²) in [6.45, 7) is 3.71. The molecule has 0 spiro atoms. The molecule has 0 bridgehead atoms. The van der Waals surface area contributed by atoms with Gasteiger partial charge in [0.05, 0.1) is 19.9 Å². The van der Waals surface area contributed by atoms with Gasteiger partial charge >= 0.3 is 5.97 Å². The van der Waals surface area contributed by atoms with Gasteiger partial charge in [-0.05, 0) is 47.4 Å². The van der Waals surface area contributed by atoms with Crippen LogP contribution >= 0.6 is 11.8 Å². The van der Waals surface area contributed by atoms with Gasteiger partial charge in [-0.3, -0.25) is 19.5 Å². The predicted octanol–water partition coefficient (Wildman–Crippen LogP) is 2.85. The summed E-state index contributed by atoms with van der Waals surface area (Å²) in [4.78, 5) is 26.4. The van der Waals surface area contributed by atoms with E-state index in [0.717, 1.165) is 54.4 Å². The molecule has 1 saturated heterocycles. The van der Waals surface area contributed by atoms with Gasteiger partial charge in [0, 0.05) is 48.9 Å². The van der Waals surface area contributed by atoms with E-state index in [1.165, 1.54) is 12.7 Å². The molecule has 1 fully saturated rings. The SMILES string of the molecule is COC(=O)CN1CCc2ccc(NC(=O)c3ccc(C=NN4CCSCC4)cc3)cc2C1. The second-order valence-corrected chi connectivity index (χ2v) is 9.13. The first-order valence-corrected chi connectivity index (χ1v) is 12.0. The lowest BCUT2D eigenvalue weighted by Crippen LogP contribution is -2.35. The Balaban J connectivity index is 1.36. The number of carbonyl (C=O) groups excluding carboxylic acids is 2. The van der Waals surface area contributed by atoms with E-state index < -0.39 is 0 Å². The van der Waals surface area contributed by atoms with Crippen LogP contribution in [0, 0.1) is 0 Å². The molecule has 7 nitrogen and oxygen atoms in total. The summed E-state index contributed by atoms with van der Waals surface area (Å²) in [6.07, 6.45) is 2.72. The van der Waals surface area contributed by atoms with Crippen LogP contribution in [-0.4, -0.2) is 72.8 Å². The molecule has 0 aliphatic carbocycles. The number of amides is 1. The summed E-state index contributed by atoms with van der Waals surface area (Å²) in [6, 6.07) is 13.4.